The number of halogens is 1. The van der Waals surface area contributed by atoms with Gasteiger partial charge >= 0.3 is 10.1 Å². The van der Waals surface area contributed by atoms with Gasteiger partial charge in [-0.1, -0.05) is 16.8 Å². The Hall–Kier alpha value is -1.60. The minimum Gasteiger partial charge on any atom is -0.342 e. The normalized spacial score (nSPS) is 15.7. The highest BCUT2D eigenvalue weighted by molar-refractivity contribution is 7.86. The lowest BCUT2D eigenvalue weighted by atomic mass is 10.1. The van der Waals surface area contributed by atoms with Gasteiger partial charge in [-0.05, 0) is 24.3 Å². The molecule has 1 fully saturated rings. The van der Waals surface area contributed by atoms with Crippen LogP contribution >= 0.6 is 11.6 Å². The second-order valence-corrected chi connectivity index (χ2v) is 6.61. The fraction of sp³-hybridized carbons (Fsp3) is 0.385. The first-order valence-corrected chi connectivity index (χ1v) is 8.17. The van der Waals surface area contributed by atoms with Crippen LogP contribution in [0.2, 0.25) is 5.02 Å². The smallest absolute Gasteiger partial charge is 0.342 e. The van der Waals surface area contributed by atoms with Crippen molar-refractivity contribution < 1.29 is 17.5 Å². The summed E-state index contributed by atoms with van der Waals surface area (Å²) < 4.78 is 28.5. The molecule has 21 heavy (non-hydrogen) atoms. The van der Waals surface area contributed by atoms with Crippen molar-refractivity contribution in [1.29, 1.82) is 0 Å². The number of piperidine rings is 1. The molecule has 1 amide bonds. The molecule has 0 atom stereocenters. The third-order valence-corrected chi connectivity index (χ3v) is 4.53. The molecule has 2 rings (SSSR count). The van der Waals surface area contributed by atoms with E-state index in [1.54, 1.807) is 4.90 Å². The van der Waals surface area contributed by atoms with Crippen molar-refractivity contribution in [1.82, 2.24) is 4.90 Å². The van der Waals surface area contributed by atoms with E-state index in [1.165, 1.54) is 31.2 Å². The molecule has 1 aromatic rings. The topological polar surface area (TPSA) is 76.0 Å². The van der Waals surface area contributed by atoms with Gasteiger partial charge in [0.1, 0.15) is 4.90 Å². The number of hydrogen-bond donors (Lipinski definition) is 0. The lowest BCUT2D eigenvalue weighted by Gasteiger charge is -2.25. The average molecular weight is 331 g/mol. The third kappa shape index (κ3) is 4.18. The summed E-state index contributed by atoms with van der Waals surface area (Å²) in [6.45, 7) is 2.56. The second kappa shape index (κ2) is 6.44. The summed E-state index contributed by atoms with van der Waals surface area (Å²) in [5, 5.41) is 4.15. The molecule has 0 aliphatic carbocycles. The zero-order chi connectivity index (χ0) is 15.5. The van der Waals surface area contributed by atoms with Crippen molar-refractivity contribution in [3.05, 3.63) is 29.3 Å². The Bertz CT molecular complexity index is 645. The fourth-order valence-electron chi connectivity index (χ4n) is 1.92. The molecular formula is C13H15ClN2O4S. The fourth-order valence-corrected chi connectivity index (χ4v) is 2.80. The molecule has 0 bridgehead atoms. The van der Waals surface area contributed by atoms with Crippen LogP contribution in [0.25, 0.3) is 0 Å². The average Bonchev–Trinajstić information content (AvgIpc) is 2.46. The van der Waals surface area contributed by atoms with Crippen LogP contribution in [-0.2, 0) is 19.2 Å². The second-order valence-electron chi connectivity index (χ2n) is 4.65. The zero-order valence-corrected chi connectivity index (χ0v) is 13.0. The first-order valence-electron chi connectivity index (χ1n) is 6.39. The van der Waals surface area contributed by atoms with E-state index < -0.39 is 10.1 Å². The van der Waals surface area contributed by atoms with Gasteiger partial charge in [-0.15, -0.1) is 0 Å². The summed E-state index contributed by atoms with van der Waals surface area (Å²) >= 11 is 5.70. The van der Waals surface area contributed by atoms with Gasteiger partial charge in [0.2, 0.25) is 5.91 Å². The maximum Gasteiger partial charge on any atom is 0.358 e. The van der Waals surface area contributed by atoms with Gasteiger partial charge in [-0.3, -0.25) is 9.08 Å². The Balaban J connectivity index is 2.00. The van der Waals surface area contributed by atoms with Crippen LogP contribution in [0.3, 0.4) is 0 Å². The van der Waals surface area contributed by atoms with E-state index >= 15 is 0 Å². The minimum atomic E-state index is -3.93. The molecular weight excluding hydrogens is 316 g/mol. The number of hydrogen-bond acceptors (Lipinski definition) is 5. The third-order valence-electron chi connectivity index (χ3n) is 3.15. The van der Waals surface area contributed by atoms with Crippen molar-refractivity contribution in [3.8, 4) is 0 Å². The van der Waals surface area contributed by atoms with Crippen LogP contribution in [0.5, 0.6) is 0 Å². The highest BCUT2D eigenvalue weighted by Gasteiger charge is 2.20. The zero-order valence-electron chi connectivity index (χ0n) is 11.5. The molecule has 0 unspecified atom stereocenters. The van der Waals surface area contributed by atoms with Crippen molar-refractivity contribution in [2.75, 3.05) is 13.1 Å². The van der Waals surface area contributed by atoms with Crippen LogP contribution < -0.4 is 0 Å². The highest BCUT2D eigenvalue weighted by atomic mass is 35.5. The number of likely N-dealkylation sites (tertiary alicyclic amines) is 1. The van der Waals surface area contributed by atoms with Gasteiger partial charge in [0.25, 0.3) is 0 Å². The minimum absolute atomic E-state index is 0.00239. The number of benzene rings is 1. The van der Waals surface area contributed by atoms with Crippen molar-refractivity contribution in [2.24, 2.45) is 5.16 Å². The van der Waals surface area contributed by atoms with E-state index in [9.17, 15) is 13.2 Å². The molecule has 114 valence electrons. The Labute approximate surface area is 128 Å². The van der Waals surface area contributed by atoms with Crippen LogP contribution in [0, 0.1) is 0 Å². The van der Waals surface area contributed by atoms with Crippen LogP contribution in [0.4, 0.5) is 0 Å². The Morgan fingerprint density at radius 1 is 1.24 bits per heavy atom. The lowest BCUT2D eigenvalue weighted by Crippen LogP contribution is -2.37. The summed E-state index contributed by atoms with van der Waals surface area (Å²) in [5.41, 5.74) is 0.630. The summed E-state index contributed by atoms with van der Waals surface area (Å²) in [6, 6.07) is 5.65. The molecule has 0 aromatic heterocycles. The van der Waals surface area contributed by atoms with E-state index in [0.29, 0.717) is 36.7 Å². The number of carbonyl (C=O) groups excluding carboxylic acids is 1. The van der Waals surface area contributed by atoms with E-state index in [2.05, 4.69) is 5.16 Å². The van der Waals surface area contributed by atoms with E-state index in [0.717, 1.165) is 0 Å². The standard InChI is InChI=1S/C13H15ClN2O4S/c1-10(17)16-8-6-12(7-9-16)15-20-21(18,19)13-4-2-11(14)3-5-13/h2-5H,6-9H2,1H3. The van der Waals surface area contributed by atoms with Gasteiger partial charge in [0, 0.05) is 37.9 Å². The monoisotopic (exact) mass is 330 g/mol. The number of rotatable bonds is 3. The Kier molecular flexibility index (Phi) is 4.84. The number of carbonyl (C=O) groups is 1. The quantitative estimate of drug-likeness (QED) is 0.795. The SMILES string of the molecule is CC(=O)N1CCC(=NOS(=O)(=O)c2ccc(Cl)cc2)CC1. The maximum absolute atomic E-state index is 11.9. The van der Waals surface area contributed by atoms with Crippen molar-refractivity contribution >= 4 is 33.3 Å². The molecule has 0 N–H and O–H groups in total. The molecule has 1 aliphatic rings. The summed E-state index contributed by atoms with van der Waals surface area (Å²) in [4.78, 5) is 12.9. The van der Waals surface area contributed by atoms with Crippen LogP contribution in [-0.4, -0.2) is 38.0 Å². The molecule has 0 saturated carbocycles. The summed E-state index contributed by atoms with van der Waals surface area (Å²) in [6.07, 6.45) is 1.02. The largest absolute Gasteiger partial charge is 0.358 e. The molecule has 1 saturated heterocycles. The first-order chi connectivity index (χ1) is 9.88. The number of nitrogens with zero attached hydrogens (tertiary/aromatic N) is 2. The number of oxime groups is 1. The van der Waals surface area contributed by atoms with Gasteiger partial charge in [0.15, 0.2) is 0 Å². The molecule has 8 heteroatoms. The molecule has 1 aromatic carbocycles. The van der Waals surface area contributed by atoms with Gasteiger partial charge in [0.05, 0.1) is 5.71 Å². The maximum atomic E-state index is 11.9. The van der Waals surface area contributed by atoms with E-state index in [4.69, 9.17) is 15.9 Å². The molecule has 6 nitrogen and oxygen atoms in total. The van der Waals surface area contributed by atoms with Crippen LogP contribution in [0.15, 0.2) is 34.3 Å². The highest BCUT2D eigenvalue weighted by Crippen LogP contribution is 2.17. The van der Waals surface area contributed by atoms with Crippen molar-refractivity contribution in [3.63, 3.8) is 0 Å². The molecule has 0 radical (unpaired) electrons. The number of amides is 1. The molecule has 0 spiro atoms. The predicted octanol–water partition coefficient (Wildman–Crippen LogP) is 2.04. The summed E-state index contributed by atoms with van der Waals surface area (Å²) in [7, 11) is -3.93. The van der Waals surface area contributed by atoms with E-state index in [1.807, 2.05) is 0 Å². The van der Waals surface area contributed by atoms with E-state index in [-0.39, 0.29) is 10.8 Å². The van der Waals surface area contributed by atoms with Crippen molar-refractivity contribution in [2.45, 2.75) is 24.7 Å². The molecule has 1 aliphatic heterocycles. The Morgan fingerprint density at radius 3 is 2.33 bits per heavy atom. The lowest BCUT2D eigenvalue weighted by molar-refractivity contribution is -0.128. The van der Waals surface area contributed by atoms with Gasteiger partial charge in [-0.2, -0.15) is 8.42 Å². The predicted molar refractivity (Wildman–Crippen MR) is 78.6 cm³/mol. The Morgan fingerprint density at radius 2 is 1.81 bits per heavy atom. The van der Waals surface area contributed by atoms with Gasteiger partial charge < -0.3 is 4.90 Å². The molecule has 1 heterocycles. The summed E-state index contributed by atoms with van der Waals surface area (Å²) in [5.74, 6) is 0.00348. The van der Waals surface area contributed by atoms with Gasteiger partial charge in [-0.25, -0.2) is 0 Å². The van der Waals surface area contributed by atoms with Crippen LogP contribution in [0.1, 0.15) is 19.8 Å². The first kappa shape index (κ1) is 15.8.